The van der Waals surface area contributed by atoms with Gasteiger partial charge in [-0.1, -0.05) is 40.9 Å². The highest BCUT2D eigenvalue weighted by molar-refractivity contribution is 9.10. The van der Waals surface area contributed by atoms with Crippen LogP contribution < -0.4 is 5.32 Å². The zero-order chi connectivity index (χ0) is 23.6. The molecule has 8 nitrogen and oxygen atoms in total. The number of nitrogens with zero attached hydrogens (tertiary/aromatic N) is 2. The molecule has 9 heteroatoms. The summed E-state index contributed by atoms with van der Waals surface area (Å²) in [5, 5.41) is 2.67. The Morgan fingerprint density at radius 2 is 1.94 bits per heavy atom. The Morgan fingerprint density at radius 3 is 2.58 bits per heavy atom. The highest BCUT2D eigenvalue weighted by Gasteiger charge is 2.50. The third-order valence-electron chi connectivity index (χ3n) is 7.09. The summed E-state index contributed by atoms with van der Waals surface area (Å²) in [5.41, 5.74) is 2.03. The third kappa shape index (κ3) is 4.94. The van der Waals surface area contributed by atoms with Crippen molar-refractivity contribution in [2.75, 3.05) is 20.8 Å². The van der Waals surface area contributed by atoms with Crippen LogP contribution in [-0.2, 0) is 14.3 Å². The first kappa shape index (κ1) is 23.8. The van der Waals surface area contributed by atoms with Crippen LogP contribution in [0.4, 0.5) is 4.79 Å². The fraction of sp³-hybridized carbons (Fsp3) is 0.542. The number of hydrogen-bond donors (Lipinski definition) is 2. The Morgan fingerprint density at radius 1 is 1.24 bits per heavy atom. The van der Waals surface area contributed by atoms with Crippen LogP contribution >= 0.6 is 15.9 Å². The van der Waals surface area contributed by atoms with E-state index in [9.17, 15) is 9.59 Å². The molecule has 1 saturated heterocycles. The van der Waals surface area contributed by atoms with Gasteiger partial charge in [-0.25, -0.2) is 9.78 Å². The van der Waals surface area contributed by atoms with Crippen molar-refractivity contribution < 1.29 is 19.1 Å². The number of rotatable bonds is 6. The number of imidazole rings is 1. The van der Waals surface area contributed by atoms with Crippen LogP contribution in [-0.4, -0.2) is 59.8 Å². The lowest BCUT2D eigenvalue weighted by molar-refractivity contribution is -0.138. The van der Waals surface area contributed by atoms with Gasteiger partial charge in [0, 0.05) is 18.1 Å². The number of aromatic nitrogens is 2. The molecule has 0 bridgehead atoms. The third-order valence-corrected chi connectivity index (χ3v) is 7.62. The molecule has 178 valence electrons. The van der Waals surface area contributed by atoms with Crippen molar-refractivity contribution in [3.63, 3.8) is 0 Å². The average Bonchev–Trinajstić information content (AvgIpc) is 3.57. The lowest BCUT2D eigenvalue weighted by atomic mass is 9.84. The van der Waals surface area contributed by atoms with Crippen molar-refractivity contribution in [1.29, 1.82) is 0 Å². The molecule has 1 aromatic carbocycles. The van der Waals surface area contributed by atoms with E-state index in [1.807, 2.05) is 35.4 Å². The molecule has 1 aromatic heterocycles. The van der Waals surface area contributed by atoms with Gasteiger partial charge in [-0.2, -0.15) is 0 Å². The largest absolute Gasteiger partial charge is 0.453 e. The normalized spacial score (nSPS) is 21.2. The average molecular weight is 519 g/mol. The Balaban J connectivity index is 1.64. The molecular formula is C24H31BrN4O4. The summed E-state index contributed by atoms with van der Waals surface area (Å²) in [6.07, 6.45) is 6.07. The predicted molar refractivity (Wildman–Crippen MR) is 127 cm³/mol. The highest BCUT2D eigenvalue weighted by Crippen LogP contribution is 2.52. The van der Waals surface area contributed by atoms with Crippen molar-refractivity contribution in [2.24, 2.45) is 5.41 Å². The highest BCUT2D eigenvalue weighted by atomic mass is 79.9. The number of nitrogens with one attached hydrogen (secondary N) is 2. The van der Waals surface area contributed by atoms with E-state index in [-0.39, 0.29) is 17.4 Å². The van der Waals surface area contributed by atoms with Crippen LogP contribution in [0.2, 0.25) is 0 Å². The molecule has 2 amide bonds. The van der Waals surface area contributed by atoms with Gasteiger partial charge in [0.1, 0.15) is 11.9 Å². The number of H-pyrrole nitrogens is 1. The number of aromatic amines is 1. The molecule has 1 spiro atoms. The van der Waals surface area contributed by atoms with E-state index >= 15 is 0 Å². The van der Waals surface area contributed by atoms with Crippen molar-refractivity contribution in [3.8, 4) is 11.3 Å². The maximum absolute atomic E-state index is 13.8. The fourth-order valence-electron chi connectivity index (χ4n) is 5.18. The van der Waals surface area contributed by atoms with Crippen molar-refractivity contribution in [2.45, 2.75) is 57.2 Å². The molecule has 0 radical (unpaired) electrons. The second-order valence-electron chi connectivity index (χ2n) is 9.14. The number of alkyl carbamates (subject to hydrolysis) is 1. The molecule has 2 fully saturated rings. The Bertz CT molecular complexity index is 987. The van der Waals surface area contributed by atoms with E-state index in [2.05, 4.69) is 31.2 Å². The minimum atomic E-state index is -0.845. The number of carbonyl (C=O) groups excluding carboxylic acids is 2. The van der Waals surface area contributed by atoms with Crippen LogP contribution in [0.1, 0.15) is 50.9 Å². The number of carbonyl (C=O) groups is 2. The maximum atomic E-state index is 13.8. The number of likely N-dealkylation sites (tertiary alicyclic amines) is 1. The summed E-state index contributed by atoms with van der Waals surface area (Å²) < 4.78 is 11.2. The van der Waals surface area contributed by atoms with Crippen molar-refractivity contribution in [3.05, 3.63) is 40.8 Å². The first-order chi connectivity index (χ1) is 15.9. The zero-order valence-electron chi connectivity index (χ0n) is 19.3. The van der Waals surface area contributed by atoms with Gasteiger partial charge in [-0.3, -0.25) is 4.79 Å². The van der Waals surface area contributed by atoms with Gasteiger partial charge in [0.15, 0.2) is 0 Å². The second kappa shape index (κ2) is 9.85. The minimum Gasteiger partial charge on any atom is -0.453 e. The van der Waals surface area contributed by atoms with Gasteiger partial charge in [0.25, 0.3) is 0 Å². The smallest absolute Gasteiger partial charge is 0.407 e. The van der Waals surface area contributed by atoms with E-state index in [1.54, 1.807) is 6.92 Å². The molecular weight excluding hydrogens is 488 g/mol. The predicted octanol–water partition coefficient (Wildman–Crippen LogP) is 4.43. The molecule has 1 saturated carbocycles. The van der Waals surface area contributed by atoms with Crippen LogP contribution in [0.25, 0.3) is 11.3 Å². The zero-order valence-corrected chi connectivity index (χ0v) is 20.9. The first-order valence-electron chi connectivity index (χ1n) is 11.3. The summed E-state index contributed by atoms with van der Waals surface area (Å²) in [4.78, 5) is 35.7. The summed E-state index contributed by atoms with van der Waals surface area (Å²) >= 11 is 3.47. The van der Waals surface area contributed by atoms with Gasteiger partial charge in [-0.05, 0) is 49.3 Å². The van der Waals surface area contributed by atoms with E-state index in [1.165, 1.54) is 27.1 Å². The first-order valence-corrected chi connectivity index (χ1v) is 12.1. The number of methoxy groups -OCH3 is 2. The Hall–Kier alpha value is -2.39. The van der Waals surface area contributed by atoms with Crippen LogP contribution in [0.3, 0.4) is 0 Å². The van der Waals surface area contributed by atoms with E-state index < -0.39 is 18.2 Å². The van der Waals surface area contributed by atoms with Crippen molar-refractivity contribution in [1.82, 2.24) is 20.2 Å². The molecule has 3 atom stereocenters. The van der Waals surface area contributed by atoms with Gasteiger partial charge in [-0.15, -0.1) is 0 Å². The fourth-order valence-corrected chi connectivity index (χ4v) is 5.45. The number of benzene rings is 1. The number of hydrogen-bond acceptors (Lipinski definition) is 5. The summed E-state index contributed by atoms with van der Waals surface area (Å²) in [6.45, 7) is 2.42. The number of amides is 2. The van der Waals surface area contributed by atoms with Crippen LogP contribution in [0.5, 0.6) is 0 Å². The maximum Gasteiger partial charge on any atom is 0.407 e. The summed E-state index contributed by atoms with van der Waals surface area (Å²) in [6, 6.07) is 6.99. The molecule has 4 rings (SSSR count). The van der Waals surface area contributed by atoms with Crippen molar-refractivity contribution >= 4 is 27.9 Å². The van der Waals surface area contributed by atoms with E-state index in [4.69, 9.17) is 9.47 Å². The molecule has 2 N–H and O–H groups in total. The SMILES string of the molecule is COC(=O)N[C@H](C(=O)N1CC2(CCCC2)C[C@H]1c1ncc(-c2ccc(Br)cc2)[nH]1)[C@@H](C)OC. The molecule has 2 aromatic rings. The summed E-state index contributed by atoms with van der Waals surface area (Å²) in [7, 11) is 2.81. The Kier molecular flexibility index (Phi) is 7.09. The lowest BCUT2D eigenvalue weighted by Crippen LogP contribution is -2.54. The lowest BCUT2D eigenvalue weighted by Gasteiger charge is -2.31. The number of ether oxygens (including phenoxy) is 2. The van der Waals surface area contributed by atoms with Gasteiger partial charge < -0.3 is 24.7 Å². The minimum absolute atomic E-state index is 0.0943. The van der Waals surface area contributed by atoms with Gasteiger partial charge in [0.2, 0.25) is 5.91 Å². The molecule has 33 heavy (non-hydrogen) atoms. The quantitative estimate of drug-likeness (QED) is 0.589. The van der Waals surface area contributed by atoms with Gasteiger partial charge >= 0.3 is 6.09 Å². The second-order valence-corrected chi connectivity index (χ2v) is 10.1. The van der Waals surface area contributed by atoms with Crippen LogP contribution in [0, 0.1) is 5.41 Å². The van der Waals surface area contributed by atoms with Gasteiger partial charge in [0.05, 0.1) is 31.1 Å². The van der Waals surface area contributed by atoms with E-state index in [0.717, 1.165) is 40.8 Å². The molecule has 1 aliphatic carbocycles. The molecule has 1 aliphatic heterocycles. The molecule has 0 unspecified atom stereocenters. The molecule has 2 aliphatic rings. The summed E-state index contributed by atoms with van der Waals surface area (Å²) in [5.74, 6) is 0.594. The topological polar surface area (TPSA) is 96.5 Å². The Labute approximate surface area is 202 Å². The standard InChI is InChI=1S/C24H31BrN4O4/c1-15(32-2)20(28-23(31)33-3)22(30)29-14-24(10-4-5-11-24)12-19(29)21-26-13-18(27-21)16-6-8-17(25)9-7-16/h6-9,13,15,19-20H,4-5,10-12,14H2,1-3H3,(H,26,27)(H,28,31)/t15-,19+,20+/m1/s1. The monoisotopic (exact) mass is 518 g/mol. The van der Waals surface area contributed by atoms with Crippen LogP contribution in [0.15, 0.2) is 34.9 Å². The van der Waals surface area contributed by atoms with E-state index in [0.29, 0.717) is 6.54 Å². The molecule has 2 heterocycles. The number of halogens is 1.